The van der Waals surface area contributed by atoms with Crippen molar-refractivity contribution in [2.45, 2.75) is 0 Å². The van der Waals surface area contributed by atoms with Gasteiger partial charge in [-0.3, -0.25) is 4.79 Å². The van der Waals surface area contributed by atoms with Gasteiger partial charge in [-0.25, -0.2) is 14.6 Å². The maximum absolute atomic E-state index is 14.0. The molecule has 0 spiro atoms. The molecule has 0 saturated heterocycles. The van der Waals surface area contributed by atoms with Gasteiger partial charge in [-0.15, -0.1) is 0 Å². The number of ether oxygens (including phenoxy) is 3. The normalized spacial score (nSPS) is 11.0. The SMILES string of the molecule is COc1ccc(C(=O)Oc2ccc(C=NNC(=O)c3[nH]c4ccc(F)cc4c3-c3ccccc3)cc2OC)cc1. The number of halogens is 1. The third-order valence-electron chi connectivity index (χ3n) is 6.15. The highest BCUT2D eigenvalue weighted by Crippen LogP contribution is 2.33. The number of carbonyl (C=O) groups excluding carboxylic acids is 2. The second-order valence-corrected chi connectivity index (χ2v) is 8.66. The molecule has 0 saturated carbocycles. The van der Waals surface area contributed by atoms with Crippen LogP contribution in [0.3, 0.4) is 0 Å². The molecule has 1 amide bonds. The molecule has 1 aromatic heterocycles. The minimum atomic E-state index is -0.554. The van der Waals surface area contributed by atoms with Crippen LogP contribution in [-0.4, -0.2) is 37.3 Å². The van der Waals surface area contributed by atoms with Gasteiger partial charge in [0.2, 0.25) is 0 Å². The maximum Gasteiger partial charge on any atom is 0.343 e. The fraction of sp³-hybridized carbons (Fsp3) is 0.0645. The third-order valence-corrected chi connectivity index (χ3v) is 6.15. The molecule has 200 valence electrons. The number of esters is 1. The van der Waals surface area contributed by atoms with Gasteiger partial charge in [0.05, 0.1) is 26.0 Å². The summed E-state index contributed by atoms with van der Waals surface area (Å²) in [4.78, 5) is 28.7. The van der Waals surface area contributed by atoms with Crippen LogP contribution in [-0.2, 0) is 0 Å². The van der Waals surface area contributed by atoms with Gasteiger partial charge in [-0.05, 0) is 71.8 Å². The molecular formula is C31H24FN3O5. The van der Waals surface area contributed by atoms with Crippen LogP contribution in [0, 0.1) is 5.82 Å². The Labute approximate surface area is 229 Å². The molecule has 5 aromatic rings. The fourth-order valence-corrected chi connectivity index (χ4v) is 4.20. The zero-order valence-electron chi connectivity index (χ0n) is 21.6. The molecule has 0 aliphatic rings. The summed E-state index contributed by atoms with van der Waals surface area (Å²) < 4.78 is 30.0. The molecule has 0 aliphatic heterocycles. The first-order chi connectivity index (χ1) is 19.5. The summed E-state index contributed by atoms with van der Waals surface area (Å²) in [5.41, 5.74) is 5.67. The molecule has 0 atom stereocenters. The van der Waals surface area contributed by atoms with E-state index in [4.69, 9.17) is 14.2 Å². The number of nitrogens with one attached hydrogen (secondary N) is 2. The first-order valence-electron chi connectivity index (χ1n) is 12.2. The second kappa shape index (κ2) is 11.5. The van der Waals surface area contributed by atoms with Crippen molar-refractivity contribution in [1.29, 1.82) is 0 Å². The standard InChI is InChI=1S/C31H24FN3O5/c1-38-23-12-9-21(10-13-23)31(37)40-26-15-8-19(16-27(26)39-2)18-33-35-30(36)29-28(20-6-4-3-5-7-20)24-17-22(32)11-14-25(24)34-29/h3-18,34H,1-2H3,(H,35,36). The summed E-state index contributed by atoms with van der Waals surface area (Å²) in [5, 5.41) is 4.66. The molecule has 2 N–H and O–H groups in total. The summed E-state index contributed by atoms with van der Waals surface area (Å²) in [6.07, 6.45) is 1.43. The Balaban J connectivity index is 1.33. The van der Waals surface area contributed by atoms with Crippen LogP contribution in [0.2, 0.25) is 0 Å². The number of rotatable bonds is 8. The molecule has 0 radical (unpaired) electrons. The number of hydrogen-bond acceptors (Lipinski definition) is 6. The lowest BCUT2D eigenvalue weighted by Crippen LogP contribution is -2.18. The van der Waals surface area contributed by atoms with Crippen molar-refractivity contribution in [2.75, 3.05) is 14.2 Å². The van der Waals surface area contributed by atoms with E-state index in [1.165, 1.54) is 25.5 Å². The number of nitrogens with zero attached hydrogens (tertiary/aromatic N) is 1. The van der Waals surface area contributed by atoms with Crippen LogP contribution in [0.25, 0.3) is 22.0 Å². The van der Waals surface area contributed by atoms with Crippen LogP contribution in [0.5, 0.6) is 17.2 Å². The highest BCUT2D eigenvalue weighted by molar-refractivity contribution is 6.09. The predicted molar refractivity (Wildman–Crippen MR) is 150 cm³/mol. The molecule has 9 heteroatoms. The number of hydrogen-bond donors (Lipinski definition) is 2. The van der Waals surface area contributed by atoms with Gasteiger partial charge in [0.25, 0.3) is 5.91 Å². The quantitative estimate of drug-likeness (QED) is 0.110. The largest absolute Gasteiger partial charge is 0.497 e. The monoisotopic (exact) mass is 537 g/mol. The summed E-state index contributed by atoms with van der Waals surface area (Å²) in [7, 11) is 2.99. The average Bonchev–Trinajstić information content (AvgIpc) is 3.37. The van der Waals surface area contributed by atoms with E-state index in [-0.39, 0.29) is 11.4 Å². The Morgan fingerprint density at radius 3 is 2.38 bits per heavy atom. The smallest absolute Gasteiger partial charge is 0.343 e. The van der Waals surface area contributed by atoms with Gasteiger partial charge in [-0.1, -0.05) is 30.3 Å². The highest BCUT2D eigenvalue weighted by Gasteiger charge is 2.19. The topological polar surface area (TPSA) is 102 Å². The van der Waals surface area contributed by atoms with Crippen LogP contribution in [0.4, 0.5) is 4.39 Å². The summed E-state index contributed by atoms with van der Waals surface area (Å²) in [6.45, 7) is 0. The second-order valence-electron chi connectivity index (χ2n) is 8.66. The number of aromatic amines is 1. The van der Waals surface area contributed by atoms with Crippen LogP contribution in [0.1, 0.15) is 26.4 Å². The summed E-state index contributed by atoms with van der Waals surface area (Å²) in [5.74, 6) is -0.297. The summed E-state index contributed by atoms with van der Waals surface area (Å²) >= 11 is 0. The highest BCUT2D eigenvalue weighted by atomic mass is 19.1. The molecule has 0 bridgehead atoms. The predicted octanol–water partition coefficient (Wildman–Crippen LogP) is 5.97. The van der Waals surface area contributed by atoms with Gasteiger partial charge in [0.1, 0.15) is 17.3 Å². The van der Waals surface area contributed by atoms with Gasteiger partial charge >= 0.3 is 5.97 Å². The Hall–Kier alpha value is -5.44. The van der Waals surface area contributed by atoms with E-state index >= 15 is 0 Å². The Morgan fingerprint density at radius 1 is 0.875 bits per heavy atom. The van der Waals surface area contributed by atoms with Crippen molar-refractivity contribution in [2.24, 2.45) is 5.10 Å². The van der Waals surface area contributed by atoms with Crippen LogP contribution < -0.4 is 19.6 Å². The molecule has 4 aromatic carbocycles. The number of aromatic nitrogens is 1. The number of benzene rings is 4. The Kier molecular flexibility index (Phi) is 7.54. The van der Waals surface area contributed by atoms with Crippen LogP contribution >= 0.6 is 0 Å². The lowest BCUT2D eigenvalue weighted by molar-refractivity contribution is 0.0729. The van der Waals surface area contributed by atoms with Crippen molar-refractivity contribution < 1.29 is 28.2 Å². The number of H-pyrrole nitrogens is 1. The first kappa shape index (κ1) is 26.2. The molecule has 0 fully saturated rings. The van der Waals surface area contributed by atoms with E-state index in [0.717, 1.165) is 5.56 Å². The van der Waals surface area contributed by atoms with Crippen molar-refractivity contribution in [3.05, 3.63) is 114 Å². The van der Waals surface area contributed by atoms with E-state index in [9.17, 15) is 14.0 Å². The number of amides is 1. The first-order valence-corrected chi connectivity index (χ1v) is 12.2. The van der Waals surface area contributed by atoms with E-state index in [1.807, 2.05) is 30.3 Å². The number of fused-ring (bicyclic) bond motifs is 1. The maximum atomic E-state index is 14.0. The molecule has 1 heterocycles. The third kappa shape index (κ3) is 5.53. The zero-order valence-corrected chi connectivity index (χ0v) is 21.6. The minimum Gasteiger partial charge on any atom is -0.497 e. The van der Waals surface area contributed by atoms with Gasteiger partial charge < -0.3 is 19.2 Å². The fourth-order valence-electron chi connectivity index (χ4n) is 4.20. The van der Waals surface area contributed by atoms with Gasteiger partial charge in [-0.2, -0.15) is 5.10 Å². The molecule has 40 heavy (non-hydrogen) atoms. The average molecular weight is 538 g/mol. The zero-order chi connectivity index (χ0) is 28.1. The molecule has 8 nitrogen and oxygen atoms in total. The van der Waals surface area contributed by atoms with Gasteiger partial charge in [0.15, 0.2) is 11.5 Å². The van der Waals surface area contributed by atoms with Crippen LogP contribution in [0.15, 0.2) is 96.1 Å². The minimum absolute atomic E-state index is 0.224. The lowest BCUT2D eigenvalue weighted by atomic mass is 10.0. The van der Waals surface area contributed by atoms with Crippen molar-refractivity contribution in [3.63, 3.8) is 0 Å². The van der Waals surface area contributed by atoms with Gasteiger partial charge in [0, 0.05) is 16.5 Å². The molecule has 5 rings (SSSR count). The van der Waals surface area contributed by atoms with E-state index < -0.39 is 17.7 Å². The Morgan fingerprint density at radius 2 is 1.65 bits per heavy atom. The Bertz CT molecular complexity index is 1710. The van der Waals surface area contributed by atoms with Crippen molar-refractivity contribution in [3.8, 4) is 28.4 Å². The lowest BCUT2D eigenvalue weighted by Gasteiger charge is -2.10. The van der Waals surface area contributed by atoms with E-state index in [1.54, 1.807) is 55.6 Å². The number of hydrazone groups is 1. The number of carbonyl (C=O) groups is 2. The number of methoxy groups -OCH3 is 2. The van der Waals surface area contributed by atoms with E-state index in [2.05, 4.69) is 15.5 Å². The summed E-state index contributed by atoms with van der Waals surface area (Å²) in [6, 6.07) is 25.0. The van der Waals surface area contributed by atoms with Crippen molar-refractivity contribution in [1.82, 2.24) is 10.4 Å². The molecule has 0 unspecified atom stereocenters. The van der Waals surface area contributed by atoms with Crippen molar-refractivity contribution >= 4 is 29.0 Å². The molecular weight excluding hydrogens is 513 g/mol. The van der Waals surface area contributed by atoms with E-state index in [0.29, 0.717) is 39.1 Å². The molecule has 0 aliphatic carbocycles.